The number of carbonyl (C=O) groups excluding carboxylic acids is 1. The number of carbonyl (C=O) groups is 1. The number of benzene rings is 1. The van der Waals surface area contributed by atoms with Crippen LogP contribution >= 0.6 is 11.3 Å². The molecule has 24 heavy (non-hydrogen) atoms. The van der Waals surface area contributed by atoms with E-state index in [1.807, 2.05) is 18.4 Å². The maximum absolute atomic E-state index is 13.1. The van der Waals surface area contributed by atoms with Crippen molar-refractivity contribution in [1.82, 2.24) is 5.32 Å². The molecule has 0 spiro atoms. The van der Waals surface area contributed by atoms with Gasteiger partial charge in [-0.3, -0.25) is 4.79 Å². The van der Waals surface area contributed by atoms with E-state index in [2.05, 4.69) is 5.32 Å². The fourth-order valence-electron chi connectivity index (χ4n) is 2.18. The first-order valence-corrected chi connectivity index (χ1v) is 10.2. The van der Waals surface area contributed by atoms with Gasteiger partial charge in [-0.1, -0.05) is 44.5 Å². The molecular weight excluding hydrogens is 342 g/mol. The summed E-state index contributed by atoms with van der Waals surface area (Å²) in [5.74, 6) is -0.164. The highest BCUT2D eigenvalue weighted by Crippen LogP contribution is 2.31. The average molecular weight is 366 g/mol. The first-order valence-electron chi connectivity index (χ1n) is 7.74. The lowest BCUT2D eigenvalue weighted by molar-refractivity contribution is -0.128. The van der Waals surface area contributed by atoms with E-state index < -0.39 is 20.5 Å². The molecule has 2 aromatic rings. The molecule has 0 bridgehead atoms. The average Bonchev–Trinajstić information content (AvgIpc) is 3.00. The number of rotatable bonds is 5. The third-order valence-corrected chi connectivity index (χ3v) is 6.95. The Morgan fingerprint density at radius 1 is 1.17 bits per heavy atom. The van der Waals surface area contributed by atoms with E-state index in [0.717, 1.165) is 10.4 Å². The molecule has 0 saturated carbocycles. The van der Waals surface area contributed by atoms with E-state index >= 15 is 0 Å². The molecular formula is C18H23NO3S2. The SMILES string of the molecule is Cc1ccc(S(=O)(=O)[C@H](CNC(=O)C(C)(C)C)c2cccs2)cc1. The van der Waals surface area contributed by atoms with Crippen molar-refractivity contribution >= 4 is 27.1 Å². The number of nitrogens with one attached hydrogen (secondary N) is 1. The van der Waals surface area contributed by atoms with E-state index in [1.54, 1.807) is 51.1 Å². The Morgan fingerprint density at radius 3 is 2.29 bits per heavy atom. The summed E-state index contributed by atoms with van der Waals surface area (Å²) in [4.78, 5) is 13.1. The van der Waals surface area contributed by atoms with Crippen LogP contribution in [0.1, 0.15) is 36.5 Å². The van der Waals surface area contributed by atoms with Crippen molar-refractivity contribution in [3.05, 3.63) is 52.2 Å². The molecule has 6 heteroatoms. The van der Waals surface area contributed by atoms with Gasteiger partial charge in [-0.2, -0.15) is 0 Å². The Labute approximate surface area is 147 Å². The fourth-order valence-corrected chi connectivity index (χ4v) is 4.96. The molecule has 1 amide bonds. The van der Waals surface area contributed by atoms with E-state index in [4.69, 9.17) is 0 Å². The predicted octanol–water partition coefficient (Wildman–Crippen LogP) is 3.73. The molecule has 0 radical (unpaired) electrons. The first kappa shape index (κ1) is 18.7. The molecule has 0 fully saturated rings. The monoisotopic (exact) mass is 365 g/mol. The maximum Gasteiger partial charge on any atom is 0.225 e. The minimum atomic E-state index is -3.59. The third-order valence-electron chi connectivity index (χ3n) is 3.71. The zero-order valence-electron chi connectivity index (χ0n) is 14.4. The molecule has 1 N–H and O–H groups in total. The van der Waals surface area contributed by atoms with Crippen molar-refractivity contribution in [2.24, 2.45) is 5.41 Å². The molecule has 0 unspecified atom stereocenters. The zero-order valence-corrected chi connectivity index (χ0v) is 16.0. The topological polar surface area (TPSA) is 63.2 Å². The highest BCUT2D eigenvalue weighted by atomic mass is 32.2. The Hall–Kier alpha value is -1.66. The van der Waals surface area contributed by atoms with Gasteiger partial charge in [-0.15, -0.1) is 11.3 Å². The Bertz CT molecular complexity index is 786. The molecule has 0 aliphatic heterocycles. The highest BCUT2D eigenvalue weighted by Gasteiger charge is 2.31. The van der Waals surface area contributed by atoms with Gasteiger partial charge in [0.1, 0.15) is 5.25 Å². The number of hydrogen-bond donors (Lipinski definition) is 1. The second-order valence-corrected chi connectivity index (χ2v) is 9.93. The van der Waals surface area contributed by atoms with Crippen LogP contribution in [0.5, 0.6) is 0 Å². The van der Waals surface area contributed by atoms with Crippen molar-refractivity contribution in [1.29, 1.82) is 0 Å². The summed E-state index contributed by atoms with van der Waals surface area (Å²) in [7, 11) is -3.59. The van der Waals surface area contributed by atoms with Crippen LogP contribution in [0.2, 0.25) is 0 Å². The van der Waals surface area contributed by atoms with Gasteiger partial charge in [-0.25, -0.2) is 8.42 Å². The van der Waals surface area contributed by atoms with Crippen molar-refractivity contribution in [3.63, 3.8) is 0 Å². The number of thiophene rings is 1. The Kier molecular flexibility index (Phi) is 5.50. The quantitative estimate of drug-likeness (QED) is 0.878. The van der Waals surface area contributed by atoms with Crippen LogP contribution in [0, 0.1) is 12.3 Å². The molecule has 0 saturated heterocycles. The van der Waals surface area contributed by atoms with Gasteiger partial charge < -0.3 is 5.32 Å². The van der Waals surface area contributed by atoms with Crippen LogP contribution < -0.4 is 5.32 Å². The standard InChI is InChI=1S/C18H23NO3S2/c1-13-7-9-14(10-8-13)24(21,22)16(15-6-5-11-23-15)12-19-17(20)18(2,3)4/h5-11,16H,12H2,1-4H3,(H,19,20)/t16-/m1/s1. The van der Waals surface area contributed by atoms with Gasteiger partial charge >= 0.3 is 0 Å². The number of aryl methyl sites for hydroxylation is 1. The Morgan fingerprint density at radius 2 is 1.79 bits per heavy atom. The minimum Gasteiger partial charge on any atom is -0.354 e. The predicted molar refractivity (Wildman–Crippen MR) is 97.9 cm³/mol. The summed E-state index contributed by atoms with van der Waals surface area (Å²) in [5, 5.41) is 3.85. The van der Waals surface area contributed by atoms with Crippen LogP contribution in [0.3, 0.4) is 0 Å². The third kappa shape index (κ3) is 4.24. The lowest BCUT2D eigenvalue weighted by Crippen LogP contribution is -2.38. The van der Waals surface area contributed by atoms with Gasteiger partial charge in [-0.05, 0) is 30.5 Å². The van der Waals surface area contributed by atoms with E-state index in [-0.39, 0.29) is 17.3 Å². The molecule has 2 rings (SSSR count). The van der Waals surface area contributed by atoms with Crippen LogP contribution in [0.15, 0.2) is 46.7 Å². The van der Waals surface area contributed by atoms with Gasteiger partial charge in [0.05, 0.1) is 4.90 Å². The summed E-state index contributed by atoms with van der Waals surface area (Å²) in [6.45, 7) is 7.38. The van der Waals surface area contributed by atoms with Gasteiger partial charge in [0.2, 0.25) is 5.91 Å². The van der Waals surface area contributed by atoms with E-state index in [1.165, 1.54) is 11.3 Å². The van der Waals surface area contributed by atoms with Crippen molar-refractivity contribution < 1.29 is 13.2 Å². The van der Waals surface area contributed by atoms with E-state index in [9.17, 15) is 13.2 Å². The molecule has 1 atom stereocenters. The van der Waals surface area contributed by atoms with Crippen molar-refractivity contribution in [2.75, 3.05) is 6.54 Å². The Balaban J connectivity index is 2.33. The molecule has 1 heterocycles. The van der Waals surface area contributed by atoms with Crippen molar-refractivity contribution in [3.8, 4) is 0 Å². The zero-order chi connectivity index (χ0) is 18.0. The van der Waals surface area contributed by atoms with Crippen molar-refractivity contribution in [2.45, 2.75) is 37.8 Å². The second-order valence-electron chi connectivity index (χ2n) is 6.82. The summed E-state index contributed by atoms with van der Waals surface area (Å²) >= 11 is 1.38. The van der Waals surface area contributed by atoms with Gasteiger partial charge in [0.25, 0.3) is 0 Å². The summed E-state index contributed by atoms with van der Waals surface area (Å²) < 4.78 is 26.1. The number of sulfone groups is 1. The van der Waals surface area contributed by atoms with Gasteiger partial charge in [0.15, 0.2) is 9.84 Å². The fraction of sp³-hybridized carbons (Fsp3) is 0.389. The summed E-state index contributed by atoms with van der Waals surface area (Å²) in [6.07, 6.45) is 0. The largest absolute Gasteiger partial charge is 0.354 e. The number of amides is 1. The second kappa shape index (κ2) is 7.07. The molecule has 0 aliphatic rings. The molecule has 0 aliphatic carbocycles. The van der Waals surface area contributed by atoms with Crippen LogP contribution in [-0.4, -0.2) is 20.9 Å². The number of hydrogen-bond acceptors (Lipinski definition) is 4. The lowest BCUT2D eigenvalue weighted by atomic mass is 9.96. The van der Waals surface area contributed by atoms with E-state index in [0.29, 0.717) is 0 Å². The first-order chi connectivity index (χ1) is 11.1. The highest BCUT2D eigenvalue weighted by molar-refractivity contribution is 7.91. The molecule has 130 valence electrons. The smallest absolute Gasteiger partial charge is 0.225 e. The summed E-state index contributed by atoms with van der Waals surface area (Å²) in [6, 6.07) is 10.4. The van der Waals surface area contributed by atoms with Crippen LogP contribution in [-0.2, 0) is 14.6 Å². The van der Waals surface area contributed by atoms with Crippen LogP contribution in [0.4, 0.5) is 0 Å². The van der Waals surface area contributed by atoms with Crippen LogP contribution in [0.25, 0.3) is 0 Å². The van der Waals surface area contributed by atoms with Gasteiger partial charge in [0, 0.05) is 16.8 Å². The maximum atomic E-state index is 13.1. The lowest BCUT2D eigenvalue weighted by Gasteiger charge is -2.22. The molecule has 1 aromatic heterocycles. The normalized spacial score (nSPS) is 13.5. The molecule has 4 nitrogen and oxygen atoms in total. The summed E-state index contributed by atoms with van der Waals surface area (Å²) in [5.41, 5.74) is 0.441. The minimum absolute atomic E-state index is 0.0623. The molecule has 1 aromatic carbocycles.